The number of anilines is 1. The molecule has 0 aliphatic carbocycles. The molecular weight excluding hydrogens is 578 g/mol. The van der Waals surface area contributed by atoms with Crippen molar-refractivity contribution < 1.29 is 26.5 Å². The van der Waals surface area contributed by atoms with Crippen LogP contribution in [-0.4, -0.2) is 86.5 Å². The molecule has 2 aromatic heterocycles. The average molecular weight is 615 g/mol. The van der Waals surface area contributed by atoms with Crippen molar-refractivity contribution in [1.29, 1.82) is 0 Å². The number of hydrogen-bond donors (Lipinski definition) is 3. The zero-order chi connectivity index (χ0) is 32.7. The molecule has 2 unspecified atom stereocenters. The second-order valence-electron chi connectivity index (χ2n) is 12.6. The highest BCUT2D eigenvalue weighted by atomic mass is 19.1. The maximum atomic E-state index is 16.9. The van der Waals surface area contributed by atoms with Crippen LogP contribution in [0.25, 0.3) is 32.9 Å². The number of hydrogen-bond acceptors (Lipinski definition) is 9. The summed E-state index contributed by atoms with van der Waals surface area (Å²) in [6.07, 6.45) is 11.5. The fraction of sp³-hybridized carbons (Fsp3) is 0.441. The summed E-state index contributed by atoms with van der Waals surface area (Å²) in [5.74, 6) is 1.04. The summed E-state index contributed by atoms with van der Waals surface area (Å²) in [5, 5.41) is 25.0. The van der Waals surface area contributed by atoms with E-state index in [2.05, 4.69) is 26.1 Å². The molecule has 232 valence electrons. The predicted octanol–water partition coefficient (Wildman–Crippen LogP) is 4.12. The molecule has 5 fully saturated rings. The van der Waals surface area contributed by atoms with Crippen LogP contribution >= 0.6 is 0 Å². The standard InChI is InChI=1S/C34H34F2N6O3/c1-2-24-27(35)7-4-19-12-23(44)13-25(28(19)24)30-29(36)31-26(15-38-30)32(41-16-20-5-6-21(41)14-37-20)40-33(39-31)45-18-34-9-3-11-42(34)22(17-43)8-10-34/h1,4,7,12-13,15,20-22,37,43-44H,3,5-6,8-11,14,16-18H2/t20?,21?,22-,34-/m0/s1/i18D2. The molecule has 4 aromatic rings. The summed E-state index contributed by atoms with van der Waals surface area (Å²) in [6.45, 7) is -0.352. The number of aromatic hydroxyl groups is 1. The van der Waals surface area contributed by atoms with Crippen molar-refractivity contribution >= 4 is 27.5 Å². The number of aromatic nitrogens is 3. The van der Waals surface area contributed by atoms with Crippen molar-refractivity contribution in [2.24, 2.45) is 0 Å². The molecule has 2 bridgehead atoms. The Hall–Kier alpha value is -4.11. The lowest BCUT2D eigenvalue weighted by Crippen LogP contribution is -2.61. The van der Waals surface area contributed by atoms with E-state index in [9.17, 15) is 17.3 Å². The molecule has 3 N–H and O–H groups in total. The smallest absolute Gasteiger partial charge is 0.319 e. The minimum Gasteiger partial charge on any atom is -0.508 e. The van der Waals surface area contributed by atoms with E-state index in [-0.39, 0.29) is 64.2 Å². The van der Waals surface area contributed by atoms with Crippen molar-refractivity contribution in [3.8, 4) is 35.4 Å². The molecular formula is C34H34F2N6O3. The monoisotopic (exact) mass is 614 g/mol. The number of aliphatic hydroxyl groups excluding tert-OH is 1. The van der Waals surface area contributed by atoms with Crippen molar-refractivity contribution in [2.45, 2.75) is 62.2 Å². The number of terminal acetylenes is 1. The van der Waals surface area contributed by atoms with Crippen LogP contribution in [-0.2, 0) is 0 Å². The molecule has 0 saturated carbocycles. The number of benzene rings is 2. The van der Waals surface area contributed by atoms with Crippen LogP contribution in [0.5, 0.6) is 11.8 Å². The normalized spacial score (nSPS) is 27.1. The minimum absolute atomic E-state index is 0.0734. The number of pyridine rings is 1. The Labute approximate surface area is 262 Å². The van der Waals surface area contributed by atoms with E-state index in [1.165, 1.54) is 30.5 Å². The molecule has 2 aromatic carbocycles. The van der Waals surface area contributed by atoms with Crippen molar-refractivity contribution in [3.63, 3.8) is 0 Å². The molecule has 0 spiro atoms. The molecule has 4 atom stereocenters. The first-order valence-corrected chi connectivity index (χ1v) is 15.5. The van der Waals surface area contributed by atoms with Crippen molar-refractivity contribution in [1.82, 2.24) is 25.2 Å². The first-order chi connectivity index (χ1) is 22.6. The summed E-state index contributed by atoms with van der Waals surface area (Å²) in [7, 11) is 0. The van der Waals surface area contributed by atoms with Crippen molar-refractivity contribution in [3.05, 3.63) is 47.7 Å². The Morgan fingerprint density at radius 3 is 2.84 bits per heavy atom. The van der Waals surface area contributed by atoms with Gasteiger partial charge in [0, 0.05) is 48.4 Å². The third-order valence-electron chi connectivity index (χ3n) is 10.1. The van der Waals surface area contributed by atoms with Gasteiger partial charge in [-0.25, -0.2) is 8.78 Å². The van der Waals surface area contributed by atoms with E-state index in [0.717, 1.165) is 25.8 Å². The van der Waals surface area contributed by atoms with Gasteiger partial charge in [0.05, 0.1) is 25.8 Å². The first kappa shape index (κ1) is 26.1. The number of halogens is 2. The molecule has 9 rings (SSSR count). The SMILES string of the molecule is [2H]C([2H])(Oc1nc(N2CC3CCC2CN3)c2cnc(-c3cc(O)cc4ccc(F)c(C#C)c34)c(F)c2n1)[C@@]12CCCN1[C@H](CO)CC2. The number of fused-ring (bicyclic) bond motifs is 6. The summed E-state index contributed by atoms with van der Waals surface area (Å²) >= 11 is 0. The van der Waals surface area contributed by atoms with Gasteiger partial charge in [0.25, 0.3) is 0 Å². The third kappa shape index (κ3) is 4.49. The van der Waals surface area contributed by atoms with Gasteiger partial charge in [-0.3, -0.25) is 9.88 Å². The van der Waals surface area contributed by atoms with Gasteiger partial charge in [-0.2, -0.15) is 9.97 Å². The molecule has 5 aliphatic heterocycles. The number of rotatable bonds is 6. The van der Waals surface area contributed by atoms with E-state index < -0.39 is 23.7 Å². The third-order valence-corrected chi connectivity index (χ3v) is 10.1. The summed E-state index contributed by atoms with van der Waals surface area (Å²) in [6, 6.07) is 5.17. The van der Waals surface area contributed by atoms with Gasteiger partial charge in [-0.1, -0.05) is 12.0 Å². The molecule has 45 heavy (non-hydrogen) atoms. The molecule has 0 radical (unpaired) electrons. The van der Waals surface area contributed by atoms with Gasteiger partial charge < -0.3 is 25.2 Å². The Bertz CT molecular complexity index is 1970. The zero-order valence-electron chi connectivity index (χ0n) is 26.6. The van der Waals surface area contributed by atoms with E-state index >= 15 is 4.39 Å². The molecule has 11 heteroatoms. The maximum absolute atomic E-state index is 16.9. The zero-order valence-corrected chi connectivity index (χ0v) is 24.6. The van der Waals surface area contributed by atoms with Crippen molar-refractivity contribution in [2.75, 3.05) is 37.7 Å². The first-order valence-electron chi connectivity index (χ1n) is 16.5. The van der Waals surface area contributed by atoms with Crippen LogP contribution in [0.15, 0.2) is 30.5 Å². The van der Waals surface area contributed by atoms with E-state index in [4.69, 9.17) is 16.1 Å². The summed E-state index contributed by atoms with van der Waals surface area (Å²) in [4.78, 5) is 17.8. The molecule has 5 aliphatic rings. The summed E-state index contributed by atoms with van der Waals surface area (Å²) in [5.41, 5.74) is -1.33. The number of piperazine rings is 1. The van der Waals surface area contributed by atoms with Crippen LogP contribution < -0.4 is 15.0 Å². The van der Waals surface area contributed by atoms with E-state index in [0.29, 0.717) is 48.9 Å². The highest BCUT2D eigenvalue weighted by Crippen LogP contribution is 2.43. The summed E-state index contributed by atoms with van der Waals surface area (Å²) < 4.78 is 56.2. The number of ether oxygens (including phenoxy) is 1. The lowest BCUT2D eigenvalue weighted by molar-refractivity contribution is 0.0644. The number of nitrogens with one attached hydrogen (secondary N) is 1. The molecule has 7 heterocycles. The number of phenolic OH excluding ortho intramolecular Hbond substituents is 1. The topological polar surface area (TPSA) is 107 Å². The van der Waals surface area contributed by atoms with Crippen LogP contribution in [0.4, 0.5) is 14.6 Å². The van der Waals surface area contributed by atoms with Crippen LogP contribution in [0.3, 0.4) is 0 Å². The van der Waals surface area contributed by atoms with Crippen LogP contribution in [0.2, 0.25) is 0 Å². The highest BCUT2D eigenvalue weighted by Gasteiger charge is 2.49. The van der Waals surface area contributed by atoms with E-state index in [1.807, 2.05) is 4.90 Å². The van der Waals surface area contributed by atoms with Gasteiger partial charge in [-0.15, -0.1) is 6.42 Å². The molecule has 9 nitrogen and oxygen atoms in total. The Morgan fingerprint density at radius 1 is 1.20 bits per heavy atom. The van der Waals surface area contributed by atoms with Crippen LogP contribution in [0, 0.1) is 24.0 Å². The maximum Gasteiger partial charge on any atom is 0.319 e. The quantitative estimate of drug-likeness (QED) is 0.277. The fourth-order valence-electron chi connectivity index (χ4n) is 7.95. The fourth-order valence-corrected chi connectivity index (χ4v) is 7.95. The molecule has 0 amide bonds. The number of nitrogens with zero attached hydrogens (tertiary/aromatic N) is 5. The Kier molecular flexibility index (Phi) is 6.25. The van der Waals surface area contributed by atoms with Gasteiger partial charge in [0.1, 0.15) is 35.2 Å². The predicted molar refractivity (Wildman–Crippen MR) is 166 cm³/mol. The Balaban J connectivity index is 1.31. The Morgan fingerprint density at radius 2 is 2.09 bits per heavy atom. The number of phenols is 1. The number of aliphatic hydroxyl groups is 1. The second kappa shape index (κ2) is 10.8. The van der Waals surface area contributed by atoms with Gasteiger partial charge in [-0.05, 0) is 68.7 Å². The second-order valence-corrected chi connectivity index (χ2v) is 12.6. The lowest BCUT2D eigenvalue weighted by atomic mass is 9.92. The van der Waals surface area contributed by atoms with Gasteiger partial charge in [0.2, 0.25) is 0 Å². The minimum atomic E-state index is -2.26. The van der Waals surface area contributed by atoms with E-state index in [1.54, 1.807) is 0 Å². The largest absolute Gasteiger partial charge is 0.508 e. The van der Waals surface area contributed by atoms with Gasteiger partial charge >= 0.3 is 6.01 Å². The van der Waals surface area contributed by atoms with Crippen LogP contribution in [0.1, 0.15) is 46.8 Å². The highest BCUT2D eigenvalue weighted by molar-refractivity contribution is 6.03. The lowest BCUT2D eigenvalue weighted by Gasteiger charge is -2.46. The average Bonchev–Trinajstić information content (AvgIpc) is 3.67. The number of piperidine rings is 2. The van der Waals surface area contributed by atoms with Gasteiger partial charge in [0.15, 0.2) is 5.82 Å². The molecule has 5 saturated heterocycles.